The molecule has 0 spiro atoms. The van der Waals surface area contributed by atoms with Crippen molar-refractivity contribution in [1.29, 1.82) is 0 Å². The quantitative estimate of drug-likeness (QED) is 0.571. The molecule has 1 N–H and O–H groups in total. The molecule has 0 aromatic heterocycles. The van der Waals surface area contributed by atoms with Crippen LogP contribution < -0.4 is 19.7 Å². The smallest absolute Gasteiger partial charge is 0.335 e. The molecule has 2 aromatic carbocycles. The molecule has 7 nitrogen and oxygen atoms in total. The summed E-state index contributed by atoms with van der Waals surface area (Å²) in [5.74, 6) is -1.59. The first-order valence-corrected chi connectivity index (χ1v) is 9.30. The highest BCUT2D eigenvalue weighted by Gasteiger charge is 2.36. The number of ether oxygens (including phenoxy) is 2. The molecule has 1 saturated heterocycles. The van der Waals surface area contributed by atoms with Gasteiger partial charge in [0.15, 0.2) is 11.5 Å². The fourth-order valence-electron chi connectivity index (χ4n) is 2.82. The molecule has 1 aliphatic rings. The fourth-order valence-corrected chi connectivity index (χ4v) is 3.09. The number of halogens is 2. The van der Waals surface area contributed by atoms with E-state index in [1.807, 2.05) is 13.8 Å². The minimum atomic E-state index is -0.926. The van der Waals surface area contributed by atoms with E-state index in [2.05, 4.69) is 5.32 Å². The van der Waals surface area contributed by atoms with Crippen molar-refractivity contribution in [3.05, 3.63) is 58.4 Å². The number of rotatable bonds is 5. The highest BCUT2D eigenvalue weighted by Crippen LogP contribution is 2.38. The molecule has 0 atom stereocenters. The number of nitrogens with zero attached hydrogens (tertiary/aromatic N) is 1. The summed E-state index contributed by atoms with van der Waals surface area (Å²) >= 11 is 6.29. The van der Waals surface area contributed by atoms with Gasteiger partial charge < -0.3 is 9.47 Å². The normalized spacial score (nSPS) is 15.6. The largest absolute Gasteiger partial charge is 0.493 e. The molecule has 1 aliphatic heterocycles. The van der Waals surface area contributed by atoms with E-state index in [0.29, 0.717) is 17.1 Å². The number of anilines is 1. The van der Waals surface area contributed by atoms with Crippen LogP contribution in [0.1, 0.15) is 19.4 Å². The summed E-state index contributed by atoms with van der Waals surface area (Å²) in [6.07, 6.45) is 1.13. The van der Waals surface area contributed by atoms with Gasteiger partial charge in [0.1, 0.15) is 11.4 Å². The van der Waals surface area contributed by atoms with Crippen molar-refractivity contribution in [3.63, 3.8) is 0 Å². The number of hydrogen-bond acceptors (Lipinski definition) is 5. The van der Waals surface area contributed by atoms with Crippen LogP contribution in [0, 0.1) is 5.82 Å². The topological polar surface area (TPSA) is 84.9 Å². The Morgan fingerprint density at radius 3 is 2.40 bits per heavy atom. The second-order valence-corrected chi connectivity index (χ2v) is 7.04. The zero-order valence-corrected chi connectivity index (χ0v) is 17.1. The van der Waals surface area contributed by atoms with E-state index in [-0.39, 0.29) is 22.4 Å². The second-order valence-electron chi connectivity index (χ2n) is 6.63. The van der Waals surface area contributed by atoms with E-state index in [4.69, 9.17) is 21.1 Å². The maximum Gasteiger partial charge on any atom is 0.335 e. The van der Waals surface area contributed by atoms with Crippen molar-refractivity contribution in [1.82, 2.24) is 5.32 Å². The van der Waals surface area contributed by atoms with Gasteiger partial charge in [-0.25, -0.2) is 14.1 Å². The average molecular weight is 433 g/mol. The minimum absolute atomic E-state index is 0.119. The average Bonchev–Trinajstić information content (AvgIpc) is 2.68. The van der Waals surface area contributed by atoms with Crippen molar-refractivity contribution in [2.75, 3.05) is 12.0 Å². The Morgan fingerprint density at radius 1 is 1.13 bits per heavy atom. The lowest BCUT2D eigenvalue weighted by Crippen LogP contribution is -2.54. The summed E-state index contributed by atoms with van der Waals surface area (Å²) in [6, 6.07) is 6.87. The summed E-state index contributed by atoms with van der Waals surface area (Å²) in [6.45, 7) is 3.66. The molecule has 0 unspecified atom stereocenters. The van der Waals surface area contributed by atoms with Crippen LogP contribution >= 0.6 is 11.6 Å². The van der Waals surface area contributed by atoms with Crippen LogP contribution in [0.5, 0.6) is 11.5 Å². The second kappa shape index (κ2) is 8.54. The zero-order chi connectivity index (χ0) is 22.0. The number of amides is 4. The number of carbonyl (C=O) groups is 3. The van der Waals surface area contributed by atoms with Crippen molar-refractivity contribution in [2.45, 2.75) is 20.0 Å². The molecule has 0 saturated carbocycles. The Hall–Kier alpha value is -3.39. The van der Waals surface area contributed by atoms with Gasteiger partial charge in [-0.15, -0.1) is 0 Å². The van der Waals surface area contributed by atoms with Crippen molar-refractivity contribution in [3.8, 4) is 11.5 Å². The lowest BCUT2D eigenvalue weighted by Gasteiger charge is -2.26. The lowest BCUT2D eigenvalue weighted by atomic mass is 10.1. The monoisotopic (exact) mass is 432 g/mol. The number of imide groups is 2. The van der Waals surface area contributed by atoms with Gasteiger partial charge in [-0.1, -0.05) is 11.6 Å². The van der Waals surface area contributed by atoms with Gasteiger partial charge in [-0.3, -0.25) is 14.9 Å². The van der Waals surface area contributed by atoms with Gasteiger partial charge in [-0.2, -0.15) is 0 Å². The SMILES string of the molecule is COc1cc(C=C2C(=O)NC(=O)N(c3ccc(F)cc3)C2=O)cc(Cl)c1OC(C)C. The Labute approximate surface area is 177 Å². The maximum atomic E-state index is 13.2. The molecule has 2 aromatic rings. The highest BCUT2D eigenvalue weighted by atomic mass is 35.5. The van der Waals surface area contributed by atoms with Crippen LogP contribution in [0.15, 0.2) is 42.0 Å². The Bertz CT molecular complexity index is 1050. The summed E-state index contributed by atoms with van der Waals surface area (Å²) in [4.78, 5) is 38.1. The van der Waals surface area contributed by atoms with Gasteiger partial charge in [0.2, 0.25) is 0 Å². The predicted molar refractivity (Wildman–Crippen MR) is 109 cm³/mol. The molecule has 1 heterocycles. The predicted octanol–water partition coefficient (Wildman–Crippen LogP) is 3.94. The van der Waals surface area contributed by atoms with E-state index < -0.39 is 23.7 Å². The van der Waals surface area contributed by atoms with E-state index >= 15 is 0 Å². The molecule has 3 rings (SSSR count). The van der Waals surface area contributed by atoms with E-state index in [1.54, 1.807) is 6.07 Å². The zero-order valence-electron chi connectivity index (χ0n) is 16.4. The minimum Gasteiger partial charge on any atom is -0.493 e. The number of methoxy groups -OCH3 is 1. The lowest BCUT2D eigenvalue weighted by molar-refractivity contribution is -0.122. The molecule has 1 fully saturated rings. The van der Waals surface area contributed by atoms with Crippen LogP contribution in [0.3, 0.4) is 0 Å². The number of urea groups is 1. The molecule has 0 radical (unpaired) electrons. The third-order valence-corrected chi connectivity index (χ3v) is 4.38. The van der Waals surface area contributed by atoms with Crippen molar-refractivity contribution < 1.29 is 28.2 Å². The van der Waals surface area contributed by atoms with Gasteiger partial charge in [0.25, 0.3) is 11.8 Å². The number of barbiturate groups is 1. The van der Waals surface area contributed by atoms with Gasteiger partial charge in [0, 0.05) is 0 Å². The first-order valence-electron chi connectivity index (χ1n) is 8.92. The highest BCUT2D eigenvalue weighted by molar-refractivity contribution is 6.39. The standard InChI is InChI=1S/C21H18ClFN2O5/c1-11(2)30-18-16(22)9-12(10-17(18)29-3)8-15-19(26)24-21(28)25(20(15)27)14-6-4-13(23)5-7-14/h4-11H,1-3H3,(H,24,26,28). The van der Waals surface area contributed by atoms with Crippen LogP contribution in [0.4, 0.5) is 14.9 Å². The van der Waals surface area contributed by atoms with Gasteiger partial charge >= 0.3 is 6.03 Å². The molecular formula is C21H18ClFN2O5. The number of carbonyl (C=O) groups excluding carboxylic acids is 3. The summed E-state index contributed by atoms with van der Waals surface area (Å²) < 4.78 is 24.1. The van der Waals surface area contributed by atoms with Crippen LogP contribution in [-0.4, -0.2) is 31.1 Å². The molecular weight excluding hydrogens is 415 g/mol. The Balaban J connectivity index is 2.02. The Morgan fingerprint density at radius 2 is 1.80 bits per heavy atom. The van der Waals surface area contributed by atoms with Gasteiger partial charge in [0.05, 0.1) is 23.9 Å². The molecule has 4 amide bonds. The third kappa shape index (κ3) is 4.28. The molecule has 9 heteroatoms. The molecule has 0 bridgehead atoms. The molecule has 0 aliphatic carbocycles. The maximum absolute atomic E-state index is 13.2. The van der Waals surface area contributed by atoms with E-state index in [1.165, 1.54) is 31.4 Å². The fraction of sp³-hybridized carbons (Fsp3) is 0.190. The van der Waals surface area contributed by atoms with E-state index in [9.17, 15) is 18.8 Å². The molecule has 30 heavy (non-hydrogen) atoms. The first kappa shape index (κ1) is 21.3. The van der Waals surface area contributed by atoms with Crippen molar-refractivity contribution >= 4 is 41.2 Å². The number of hydrogen-bond donors (Lipinski definition) is 1. The van der Waals surface area contributed by atoms with Gasteiger partial charge in [-0.05, 0) is 61.9 Å². The number of nitrogens with one attached hydrogen (secondary N) is 1. The van der Waals surface area contributed by atoms with Crippen LogP contribution in [-0.2, 0) is 9.59 Å². The van der Waals surface area contributed by atoms with Crippen LogP contribution in [0.2, 0.25) is 5.02 Å². The van der Waals surface area contributed by atoms with Crippen LogP contribution in [0.25, 0.3) is 6.08 Å². The first-order chi connectivity index (χ1) is 14.2. The van der Waals surface area contributed by atoms with Crippen molar-refractivity contribution in [2.24, 2.45) is 0 Å². The Kier molecular flexibility index (Phi) is 6.07. The van der Waals surface area contributed by atoms with E-state index in [0.717, 1.165) is 17.0 Å². The summed E-state index contributed by atoms with van der Waals surface area (Å²) in [5.41, 5.74) is 0.211. The number of benzene rings is 2. The summed E-state index contributed by atoms with van der Waals surface area (Å²) in [5, 5.41) is 2.33. The summed E-state index contributed by atoms with van der Waals surface area (Å²) in [7, 11) is 1.43. The molecule has 156 valence electrons. The third-order valence-electron chi connectivity index (χ3n) is 4.10.